The molecule has 3 fully saturated rings. The van der Waals surface area contributed by atoms with Crippen LogP contribution in [-0.2, 0) is 14.4 Å². The molecular formula is C17H28N4O3. The molecule has 134 valence electrons. The van der Waals surface area contributed by atoms with Gasteiger partial charge in [0.1, 0.15) is 0 Å². The molecule has 3 rings (SSSR count). The number of fused-ring (bicyclic) bond motifs is 1. The van der Waals surface area contributed by atoms with E-state index in [9.17, 15) is 14.4 Å². The van der Waals surface area contributed by atoms with Crippen LogP contribution in [0.4, 0.5) is 0 Å². The minimum atomic E-state index is 0.0501. The fourth-order valence-electron chi connectivity index (χ4n) is 4.26. The van der Waals surface area contributed by atoms with Crippen LogP contribution < -0.4 is 5.73 Å². The summed E-state index contributed by atoms with van der Waals surface area (Å²) in [4.78, 5) is 42.0. The van der Waals surface area contributed by atoms with Crippen LogP contribution in [0.25, 0.3) is 0 Å². The van der Waals surface area contributed by atoms with Crippen molar-refractivity contribution in [2.24, 2.45) is 11.7 Å². The number of hydrogen-bond acceptors (Lipinski definition) is 4. The molecule has 0 bridgehead atoms. The van der Waals surface area contributed by atoms with E-state index in [2.05, 4.69) is 0 Å². The summed E-state index contributed by atoms with van der Waals surface area (Å²) in [5.41, 5.74) is 5.59. The third-order valence-electron chi connectivity index (χ3n) is 5.60. The van der Waals surface area contributed by atoms with Gasteiger partial charge in [0, 0.05) is 45.1 Å². The van der Waals surface area contributed by atoms with Gasteiger partial charge < -0.3 is 20.4 Å². The van der Waals surface area contributed by atoms with Gasteiger partial charge >= 0.3 is 0 Å². The van der Waals surface area contributed by atoms with Crippen LogP contribution in [-0.4, -0.2) is 77.7 Å². The first kappa shape index (κ1) is 17.2. The van der Waals surface area contributed by atoms with Gasteiger partial charge in [0.15, 0.2) is 0 Å². The molecule has 3 heterocycles. The average molecular weight is 336 g/mol. The van der Waals surface area contributed by atoms with Gasteiger partial charge in [-0.3, -0.25) is 14.4 Å². The molecule has 0 aromatic carbocycles. The maximum Gasteiger partial charge on any atom is 0.242 e. The van der Waals surface area contributed by atoms with Gasteiger partial charge in [-0.15, -0.1) is 0 Å². The molecule has 0 saturated carbocycles. The lowest BCUT2D eigenvalue weighted by Crippen LogP contribution is -2.58. The van der Waals surface area contributed by atoms with Gasteiger partial charge in [-0.2, -0.15) is 0 Å². The molecule has 2 N–H and O–H groups in total. The van der Waals surface area contributed by atoms with Crippen molar-refractivity contribution in [3.05, 3.63) is 0 Å². The van der Waals surface area contributed by atoms with Gasteiger partial charge in [0.05, 0.1) is 6.54 Å². The third-order valence-corrected chi connectivity index (χ3v) is 5.60. The quantitative estimate of drug-likeness (QED) is 0.753. The molecule has 0 spiro atoms. The number of rotatable bonds is 5. The zero-order chi connectivity index (χ0) is 17.1. The van der Waals surface area contributed by atoms with Gasteiger partial charge in [-0.1, -0.05) is 0 Å². The van der Waals surface area contributed by atoms with Gasteiger partial charge in [-0.25, -0.2) is 0 Å². The predicted octanol–water partition coefficient (Wildman–Crippen LogP) is -0.203. The molecule has 0 aromatic rings. The van der Waals surface area contributed by atoms with Gasteiger partial charge in [0.2, 0.25) is 17.7 Å². The lowest BCUT2D eigenvalue weighted by atomic mass is 9.83. The van der Waals surface area contributed by atoms with Crippen LogP contribution in [0, 0.1) is 5.92 Å². The molecule has 7 heteroatoms. The number of nitrogens with two attached hydrogens (primary N) is 1. The van der Waals surface area contributed by atoms with Gasteiger partial charge in [0.25, 0.3) is 0 Å². The Bertz CT molecular complexity index is 510. The molecule has 0 radical (unpaired) electrons. The Morgan fingerprint density at radius 3 is 2.67 bits per heavy atom. The van der Waals surface area contributed by atoms with E-state index in [0.29, 0.717) is 44.9 Å². The molecule has 0 aromatic heterocycles. The first-order chi connectivity index (χ1) is 11.6. The standard InChI is InChI=1S/C17H28N4O3/c18-7-2-9-21-14-6-10-20(11-13(14)4-5-16(21)23)17(24)12-19-8-1-3-15(19)22/h13-14H,1-12,18H2/t13-,14+/m0/s1. The molecule has 7 nitrogen and oxygen atoms in total. The minimum Gasteiger partial charge on any atom is -0.341 e. The zero-order valence-corrected chi connectivity index (χ0v) is 14.3. The summed E-state index contributed by atoms with van der Waals surface area (Å²) in [7, 11) is 0. The molecule has 0 unspecified atom stereocenters. The van der Waals surface area contributed by atoms with Crippen molar-refractivity contribution in [1.29, 1.82) is 0 Å². The van der Waals surface area contributed by atoms with E-state index in [0.717, 1.165) is 32.2 Å². The first-order valence-electron chi connectivity index (χ1n) is 9.15. The Morgan fingerprint density at radius 1 is 1.12 bits per heavy atom. The van der Waals surface area contributed by atoms with E-state index < -0.39 is 0 Å². The van der Waals surface area contributed by atoms with Crippen molar-refractivity contribution in [1.82, 2.24) is 14.7 Å². The monoisotopic (exact) mass is 336 g/mol. The van der Waals surface area contributed by atoms with Crippen molar-refractivity contribution in [3.8, 4) is 0 Å². The van der Waals surface area contributed by atoms with Crippen molar-refractivity contribution in [3.63, 3.8) is 0 Å². The van der Waals surface area contributed by atoms with Crippen molar-refractivity contribution >= 4 is 17.7 Å². The maximum atomic E-state index is 12.5. The second-order valence-electron chi connectivity index (χ2n) is 7.14. The van der Waals surface area contributed by atoms with Crippen LogP contribution in [0.5, 0.6) is 0 Å². The lowest BCUT2D eigenvalue weighted by Gasteiger charge is -2.47. The summed E-state index contributed by atoms with van der Waals surface area (Å²) in [5, 5.41) is 0. The first-order valence-corrected chi connectivity index (χ1v) is 9.15. The van der Waals surface area contributed by atoms with E-state index in [1.807, 2.05) is 9.80 Å². The number of carbonyl (C=O) groups is 3. The Kier molecular flexibility index (Phi) is 5.38. The zero-order valence-electron chi connectivity index (χ0n) is 14.3. The van der Waals surface area contributed by atoms with Crippen LogP contribution in [0.2, 0.25) is 0 Å². The molecule has 2 atom stereocenters. The summed E-state index contributed by atoms with van der Waals surface area (Å²) in [5.74, 6) is 0.725. The predicted molar refractivity (Wildman–Crippen MR) is 88.9 cm³/mol. The molecule has 0 aliphatic carbocycles. The fraction of sp³-hybridized carbons (Fsp3) is 0.824. The van der Waals surface area contributed by atoms with E-state index in [1.54, 1.807) is 4.90 Å². The summed E-state index contributed by atoms with van der Waals surface area (Å²) in [6.45, 7) is 3.62. The fourth-order valence-corrected chi connectivity index (χ4v) is 4.26. The Balaban J connectivity index is 1.57. The highest BCUT2D eigenvalue weighted by Gasteiger charge is 2.40. The van der Waals surface area contributed by atoms with Crippen molar-refractivity contribution < 1.29 is 14.4 Å². The molecular weight excluding hydrogens is 308 g/mol. The topological polar surface area (TPSA) is 86.9 Å². The van der Waals surface area contributed by atoms with E-state index in [1.165, 1.54) is 0 Å². The number of likely N-dealkylation sites (tertiary alicyclic amines) is 3. The lowest BCUT2D eigenvalue weighted by molar-refractivity contribution is -0.146. The maximum absolute atomic E-state index is 12.5. The summed E-state index contributed by atoms with van der Waals surface area (Å²) >= 11 is 0. The minimum absolute atomic E-state index is 0.0501. The molecule has 24 heavy (non-hydrogen) atoms. The summed E-state index contributed by atoms with van der Waals surface area (Å²) in [6, 6.07) is 0.246. The third kappa shape index (κ3) is 3.55. The van der Waals surface area contributed by atoms with E-state index >= 15 is 0 Å². The highest BCUT2D eigenvalue weighted by Crippen LogP contribution is 2.31. The molecule has 3 aliphatic rings. The largest absolute Gasteiger partial charge is 0.341 e. The van der Waals surface area contributed by atoms with Crippen molar-refractivity contribution in [2.45, 2.75) is 44.6 Å². The van der Waals surface area contributed by atoms with Crippen LogP contribution in [0.15, 0.2) is 0 Å². The van der Waals surface area contributed by atoms with Crippen LogP contribution in [0.1, 0.15) is 38.5 Å². The highest BCUT2D eigenvalue weighted by atomic mass is 16.2. The molecule has 3 amide bonds. The van der Waals surface area contributed by atoms with Crippen LogP contribution in [0.3, 0.4) is 0 Å². The Labute approximate surface area is 143 Å². The second-order valence-corrected chi connectivity index (χ2v) is 7.14. The summed E-state index contributed by atoms with van der Waals surface area (Å²) in [6.07, 6.45) is 4.51. The average Bonchev–Trinajstić information content (AvgIpc) is 2.98. The highest BCUT2D eigenvalue weighted by molar-refractivity contribution is 5.86. The molecule has 3 aliphatic heterocycles. The number of hydrogen-bond donors (Lipinski definition) is 1. The number of amides is 3. The summed E-state index contributed by atoms with van der Waals surface area (Å²) < 4.78 is 0. The second kappa shape index (κ2) is 7.51. The van der Waals surface area contributed by atoms with Gasteiger partial charge in [-0.05, 0) is 38.1 Å². The Morgan fingerprint density at radius 2 is 1.96 bits per heavy atom. The SMILES string of the molecule is NCCCN1C(=O)CC[C@H]2CN(C(=O)CN3CCCC3=O)CC[C@H]21. The number of nitrogens with zero attached hydrogens (tertiary/aromatic N) is 3. The van der Waals surface area contributed by atoms with E-state index in [-0.39, 0.29) is 30.3 Å². The van der Waals surface area contributed by atoms with Crippen molar-refractivity contribution in [2.75, 3.05) is 39.3 Å². The number of carbonyl (C=O) groups excluding carboxylic acids is 3. The Hall–Kier alpha value is -1.63. The van der Waals surface area contributed by atoms with E-state index in [4.69, 9.17) is 5.73 Å². The van der Waals surface area contributed by atoms with Crippen LogP contribution >= 0.6 is 0 Å². The molecule has 3 saturated heterocycles. The normalized spacial score (nSPS) is 27.6. The smallest absolute Gasteiger partial charge is 0.242 e. The number of piperidine rings is 2.